The lowest BCUT2D eigenvalue weighted by Crippen LogP contribution is -2.23. The summed E-state index contributed by atoms with van der Waals surface area (Å²) in [5, 5.41) is 4.36. The van der Waals surface area contributed by atoms with Gasteiger partial charge in [-0.1, -0.05) is 64.2 Å². The van der Waals surface area contributed by atoms with Crippen molar-refractivity contribution in [3.63, 3.8) is 0 Å². The molecule has 0 aliphatic carbocycles. The van der Waals surface area contributed by atoms with E-state index in [0.29, 0.717) is 21.9 Å². The van der Waals surface area contributed by atoms with Crippen LogP contribution in [-0.4, -0.2) is 21.2 Å². The lowest BCUT2D eigenvalue weighted by Gasteiger charge is -2.02. The Balaban J connectivity index is 1.67. The van der Waals surface area contributed by atoms with Crippen molar-refractivity contribution in [1.82, 2.24) is 14.6 Å². The highest BCUT2D eigenvalue weighted by Crippen LogP contribution is 2.19. The highest BCUT2D eigenvalue weighted by Gasteiger charge is 2.11. The van der Waals surface area contributed by atoms with E-state index in [-0.39, 0.29) is 5.56 Å². The Labute approximate surface area is 167 Å². The monoisotopic (exact) mass is 439 g/mol. The zero-order valence-electron chi connectivity index (χ0n) is 14.1. The van der Waals surface area contributed by atoms with E-state index < -0.39 is 0 Å². The molecule has 0 radical (unpaired) electrons. The Morgan fingerprint density at radius 2 is 1.89 bits per heavy atom. The second-order valence-electron chi connectivity index (χ2n) is 5.72. The van der Waals surface area contributed by atoms with E-state index in [1.807, 2.05) is 54.6 Å². The van der Waals surface area contributed by atoms with Gasteiger partial charge in [-0.05, 0) is 35.9 Å². The molecule has 2 aromatic carbocycles. The number of ether oxygens (including phenoxy) is 1. The number of halogens is 1. The largest absolute Gasteiger partial charge is 0.490 e. The molecule has 2 heterocycles. The highest BCUT2D eigenvalue weighted by molar-refractivity contribution is 9.10. The lowest BCUT2D eigenvalue weighted by molar-refractivity contribution is 0.363. The summed E-state index contributed by atoms with van der Waals surface area (Å²) in [6, 6.07) is 15.2. The molecule has 7 heteroatoms. The van der Waals surface area contributed by atoms with Crippen molar-refractivity contribution >= 4 is 38.3 Å². The summed E-state index contributed by atoms with van der Waals surface area (Å²) in [6.07, 6.45) is 3.53. The number of nitrogens with zero attached hydrogens (tertiary/aromatic N) is 3. The van der Waals surface area contributed by atoms with Gasteiger partial charge in [0, 0.05) is 10.0 Å². The van der Waals surface area contributed by atoms with Crippen LogP contribution in [0.2, 0.25) is 0 Å². The Morgan fingerprint density at radius 3 is 2.56 bits per heavy atom. The Morgan fingerprint density at radius 1 is 1.15 bits per heavy atom. The van der Waals surface area contributed by atoms with Crippen molar-refractivity contribution in [2.24, 2.45) is 0 Å². The zero-order chi connectivity index (χ0) is 18.8. The third kappa shape index (κ3) is 3.70. The molecule has 5 nitrogen and oxygen atoms in total. The fraction of sp³-hybridized carbons (Fsp3) is 0.0500. The third-order valence-corrected chi connectivity index (χ3v) is 5.32. The third-order valence-electron chi connectivity index (χ3n) is 3.83. The molecule has 4 rings (SSSR count). The van der Waals surface area contributed by atoms with Gasteiger partial charge in [0.2, 0.25) is 4.96 Å². The summed E-state index contributed by atoms with van der Waals surface area (Å²) < 4.78 is 8.39. The van der Waals surface area contributed by atoms with Crippen molar-refractivity contribution in [3.05, 3.63) is 86.1 Å². The Kier molecular flexibility index (Phi) is 4.87. The normalized spacial score (nSPS) is 11.8. The number of hydrogen-bond donors (Lipinski definition) is 0. The molecule has 0 spiro atoms. The van der Waals surface area contributed by atoms with Crippen molar-refractivity contribution < 1.29 is 4.74 Å². The summed E-state index contributed by atoms with van der Waals surface area (Å²) >= 11 is 4.73. The van der Waals surface area contributed by atoms with Crippen molar-refractivity contribution in [2.75, 3.05) is 6.61 Å². The van der Waals surface area contributed by atoms with Crippen LogP contribution in [0.25, 0.3) is 22.4 Å². The van der Waals surface area contributed by atoms with Crippen LogP contribution in [0.3, 0.4) is 0 Å². The first-order valence-electron chi connectivity index (χ1n) is 8.15. The van der Waals surface area contributed by atoms with E-state index in [1.165, 1.54) is 15.9 Å². The van der Waals surface area contributed by atoms with Crippen LogP contribution in [0.4, 0.5) is 0 Å². The summed E-state index contributed by atoms with van der Waals surface area (Å²) in [7, 11) is 0. The van der Waals surface area contributed by atoms with Crippen LogP contribution in [0, 0.1) is 0 Å². The van der Waals surface area contributed by atoms with Crippen molar-refractivity contribution in [3.8, 4) is 17.1 Å². The van der Waals surface area contributed by atoms with Crippen LogP contribution in [-0.2, 0) is 0 Å². The predicted molar refractivity (Wildman–Crippen MR) is 111 cm³/mol. The van der Waals surface area contributed by atoms with Gasteiger partial charge in [0.25, 0.3) is 5.56 Å². The molecule has 0 aliphatic heterocycles. The zero-order valence-corrected chi connectivity index (χ0v) is 16.5. The highest BCUT2D eigenvalue weighted by atomic mass is 79.9. The molecule has 134 valence electrons. The molecule has 0 atom stereocenters. The fourth-order valence-electron chi connectivity index (χ4n) is 2.52. The molecule has 0 unspecified atom stereocenters. The van der Waals surface area contributed by atoms with Gasteiger partial charge < -0.3 is 4.74 Å². The minimum Gasteiger partial charge on any atom is -0.490 e. The molecule has 2 aromatic heterocycles. The maximum Gasteiger partial charge on any atom is 0.291 e. The topological polar surface area (TPSA) is 56.5 Å². The van der Waals surface area contributed by atoms with E-state index in [0.717, 1.165) is 21.3 Å². The van der Waals surface area contributed by atoms with Gasteiger partial charge in [-0.15, -0.1) is 5.10 Å². The molecule has 0 saturated heterocycles. The molecule has 0 aliphatic rings. The minimum atomic E-state index is -0.169. The summed E-state index contributed by atoms with van der Waals surface area (Å²) in [5.74, 6) is 1.30. The summed E-state index contributed by atoms with van der Waals surface area (Å²) in [4.78, 5) is 17.7. The van der Waals surface area contributed by atoms with Gasteiger partial charge in [-0.3, -0.25) is 4.79 Å². The molecular formula is C20H14BrN3O2S. The fourth-order valence-corrected chi connectivity index (χ4v) is 3.69. The number of fused-ring (bicyclic) bond motifs is 1. The van der Waals surface area contributed by atoms with Crippen LogP contribution in [0.5, 0.6) is 5.75 Å². The number of thiazole rings is 1. The number of hydrogen-bond acceptors (Lipinski definition) is 5. The molecule has 0 fully saturated rings. The average Bonchev–Trinajstić information content (AvgIpc) is 3.22. The lowest BCUT2D eigenvalue weighted by atomic mass is 10.2. The van der Waals surface area contributed by atoms with E-state index in [2.05, 4.69) is 32.6 Å². The first-order chi connectivity index (χ1) is 13.1. The van der Waals surface area contributed by atoms with E-state index in [9.17, 15) is 4.79 Å². The Hall–Kier alpha value is -2.77. The van der Waals surface area contributed by atoms with Crippen LogP contribution >= 0.6 is 27.3 Å². The van der Waals surface area contributed by atoms with E-state index in [4.69, 9.17) is 4.74 Å². The number of aromatic nitrogens is 3. The first-order valence-corrected chi connectivity index (χ1v) is 9.76. The molecule has 0 bridgehead atoms. The van der Waals surface area contributed by atoms with Gasteiger partial charge in [0.15, 0.2) is 5.82 Å². The second-order valence-corrected chi connectivity index (χ2v) is 7.65. The first kappa shape index (κ1) is 17.6. The maximum absolute atomic E-state index is 12.6. The van der Waals surface area contributed by atoms with Gasteiger partial charge >= 0.3 is 0 Å². The quantitative estimate of drug-likeness (QED) is 0.445. The molecule has 0 saturated carbocycles. The molecule has 0 amide bonds. The predicted octanol–water partition coefficient (Wildman–Crippen LogP) is 3.69. The van der Waals surface area contributed by atoms with Gasteiger partial charge in [0.05, 0.1) is 4.53 Å². The second kappa shape index (κ2) is 7.46. The van der Waals surface area contributed by atoms with Gasteiger partial charge in [-0.25, -0.2) is 0 Å². The smallest absolute Gasteiger partial charge is 0.291 e. The molecule has 27 heavy (non-hydrogen) atoms. The summed E-state index contributed by atoms with van der Waals surface area (Å²) in [5.41, 5.74) is 1.61. The van der Waals surface area contributed by atoms with Crippen molar-refractivity contribution in [2.45, 2.75) is 0 Å². The van der Waals surface area contributed by atoms with Crippen molar-refractivity contribution in [1.29, 1.82) is 0 Å². The summed E-state index contributed by atoms with van der Waals surface area (Å²) in [6.45, 7) is 4.08. The number of rotatable bonds is 5. The molecule has 0 N–H and O–H groups in total. The van der Waals surface area contributed by atoms with Crippen LogP contribution in [0.15, 0.2) is 70.5 Å². The van der Waals surface area contributed by atoms with Gasteiger partial charge in [0.1, 0.15) is 12.4 Å². The average molecular weight is 440 g/mol. The van der Waals surface area contributed by atoms with Gasteiger partial charge in [-0.2, -0.15) is 9.50 Å². The van der Waals surface area contributed by atoms with Crippen LogP contribution in [0.1, 0.15) is 5.56 Å². The Bertz CT molecular complexity index is 1210. The standard InChI is InChI=1S/C20H14BrN3O2S/c1-2-11-26-16-9-3-13(4-10-16)12-17-19(25)24-20(27-17)22-18(23-24)14-5-7-15(21)8-6-14/h2-10,12H,1,11H2/b17-12+. The minimum absolute atomic E-state index is 0.169. The molecular weight excluding hydrogens is 426 g/mol. The maximum atomic E-state index is 12.6. The number of benzene rings is 2. The molecule has 4 aromatic rings. The van der Waals surface area contributed by atoms with E-state index in [1.54, 1.807) is 6.08 Å². The van der Waals surface area contributed by atoms with Crippen LogP contribution < -0.4 is 14.8 Å². The van der Waals surface area contributed by atoms with E-state index >= 15 is 0 Å². The SMILES string of the molecule is C=CCOc1ccc(/C=c2/sc3nc(-c4ccc(Br)cc4)nn3c2=O)cc1.